The molecule has 0 saturated heterocycles. The van der Waals surface area contributed by atoms with E-state index in [0.717, 1.165) is 33.9 Å². The lowest BCUT2D eigenvalue weighted by atomic mass is 10.1. The minimum absolute atomic E-state index is 0.125. The molecule has 0 aliphatic heterocycles. The molecule has 2 amide bonds. The highest BCUT2D eigenvalue weighted by atomic mass is 32.2. The molecule has 2 heterocycles. The standard InChI is InChI=1S/C16H23N5O3S2/c1-8-10(3)19-11(4)9(2)13(8)20-15(22)21-26(17,24)12-7-18-14(25-12)16(5,6)23/h7,23H,1-6H3,(H3,17,19,20,21,22,24). The Morgan fingerprint density at radius 3 is 2.27 bits per heavy atom. The summed E-state index contributed by atoms with van der Waals surface area (Å²) in [6, 6.07) is -0.813. The molecule has 2 aromatic rings. The minimum Gasteiger partial charge on any atom is -0.383 e. The number of carbonyl (C=O) groups is 1. The Bertz CT molecular complexity index is 956. The third-order valence-electron chi connectivity index (χ3n) is 3.92. The lowest BCUT2D eigenvalue weighted by Crippen LogP contribution is -2.18. The number of hydrogen-bond acceptors (Lipinski definition) is 6. The van der Waals surface area contributed by atoms with Gasteiger partial charge in [-0.1, -0.05) is 0 Å². The van der Waals surface area contributed by atoms with Gasteiger partial charge in [-0.2, -0.15) is 0 Å². The third-order valence-corrected chi connectivity index (χ3v) is 7.11. The molecule has 1 unspecified atom stereocenters. The number of carbonyl (C=O) groups excluding carboxylic acids is 1. The summed E-state index contributed by atoms with van der Waals surface area (Å²) in [4.78, 5) is 20.7. The molecule has 142 valence electrons. The summed E-state index contributed by atoms with van der Waals surface area (Å²) in [7, 11) is -3.47. The molecule has 0 spiro atoms. The number of amides is 2. The fraction of sp³-hybridized carbons (Fsp3) is 0.438. The Hall–Kier alpha value is -1.88. The number of urea groups is 1. The van der Waals surface area contributed by atoms with Crippen molar-refractivity contribution in [1.82, 2.24) is 9.97 Å². The topological polar surface area (TPSA) is 131 Å². The number of hydrogen-bond donors (Lipinski definition) is 3. The molecule has 0 aliphatic rings. The van der Waals surface area contributed by atoms with Gasteiger partial charge in [0.2, 0.25) is 0 Å². The molecule has 8 nitrogen and oxygen atoms in total. The van der Waals surface area contributed by atoms with E-state index < -0.39 is 21.5 Å². The second-order valence-corrected chi connectivity index (χ2v) is 9.59. The van der Waals surface area contributed by atoms with Crippen LogP contribution in [0.1, 0.15) is 41.4 Å². The zero-order chi connectivity index (χ0) is 19.9. The molecule has 1 atom stereocenters. The summed E-state index contributed by atoms with van der Waals surface area (Å²) in [5.74, 6) is 0. The highest BCUT2D eigenvalue weighted by Gasteiger charge is 2.23. The van der Waals surface area contributed by atoms with Gasteiger partial charge in [0.1, 0.15) is 14.8 Å². The van der Waals surface area contributed by atoms with Crippen LogP contribution in [0.2, 0.25) is 0 Å². The number of nitrogens with one attached hydrogen (secondary N) is 1. The Kier molecular flexibility index (Phi) is 5.52. The number of anilines is 1. The van der Waals surface area contributed by atoms with Gasteiger partial charge in [0.05, 0.1) is 11.9 Å². The molecular formula is C16H23N5O3S2. The normalized spacial score (nSPS) is 14.0. The smallest absolute Gasteiger partial charge is 0.354 e. The molecule has 0 saturated carbocycles. The van der Waals surface area contributed by atoms with Crippen LogP contribution in [0.4, 0.5) is 10.5 Å². The predicted octanol–water partition coefficient (Wildman–Crippen LogP) is 2.93. The van der Waals surface area contributed by atoms with Crippen molar-refractivity contribution in [3.05, 3.63) is 33.7 Å². The Morgan fingerprint density at radius 2 is 1.81 bits per heavy atom. The van der Waals surface area contributed by atoms with Crippen molar-refractivity contribution in [2.24, 2.45) is 9.50 Å². The van der Waals surface area contributed by atoms with Gasteiger partial charge < -0.3 is 10.4 Å². The van der Waals surface area contributed by atoms with Crippen LogP contribution in [0.5, 0.6) is 0 Å². The number of aryl methyl sites for hydroxylation is 2. The van der Waals surface area contributed by atoms with E-state index in [2.05, 4.69) is 19.6 Å². The summed E-state index contributed by atoms with van der Waals surface area (Å²) >= 11 is 0.961. The minimum atomic E-state index is -3.47. The van der Waals surface area contributed by atoms with Crippen molar-refractivity contribution in [3.63, 3.8) is 0 Å². The summed E-state index contributed by atoms with van der Waals surface area (Å²) < 4.78 is 16.4. The maximum absolute atomic E-state index is 12.7. The first-order chi connectivity index (χ1) is 11.8. The van der Waals surface area contributed by atoms with Crippen molar-refractivity contribution in [1.29, 1.82) is 0 Å². The van der Waals surface area contributed by atoms with E-state index in [0.29, 0.717) is 10.7 Å². The summed E-state index contributed by atoms with van der Waals surface area (Å²) in [5.41, 5.74) is 2.58. The lowest BCUT2D eigenvalue weighted by Gasteiger charge is -2.14. The van der Waals surface area contributed by atoms with Crippen LogP contribution in [0.15, 0.2) is 14.8 Å². The largest absolute Gasteiger partial charge is 0.383 e. The van der Waals surface area contributed by atoms with E-state index >= 15 is 0 Å². The third kappa shape index (κ3) is 4.26. The number of aliphatic hydroxyl groups is 1. The van der Waals surface area contributed by atoms with Crippen molar-refractivity contribution < 1.29 is 14.1 Å². The molecule has 0 radical (unpaired) electrons. The molecular weight excluding hydrogens is 374 g/mol. The van der Waals surface area contributed by atoms with Crippen LogP contribution < -0.4 is 10.5 Å². The zero-order valence-corrected chi connectivity index (χ0v) is 17.2. The quantitative estimate of drug-likeness (QED) is 0.733. The summed E-state index contributed by atoms with van der Waals surface area (Å²) in [5, 5.41) is 18.7. The van der Waals surface area contributed by atoms with Crippen molar-refractivity contribution in [2.45, 2.75) is 51.4 Å². The van der Waals surface area contributed by atoms with E-state index in [4.69, 9.17) is 5.14 Å². The first kappa shape index (κ1) is 20.4. The highest BCUT2D eigenvalue weighted by molar-refractivity contribution is 7.93. The Balaban J connectivity index is 2.37. The van der Waals surface area contributed by atoms with E-state index in [-0.39, 0.29) is 4.21 Å². The van der Waals surface area contributed by atoms with Gasteiger partial charge in [-0.15, -0.1) is 15.7 Å². The first-order valence-corrected chi connectivity index (χ1v) is 10.2. The second kappa shape index (κ2) is 7.03. The van der Waals surface area contributed by atoms with Crippen LogP contribution in [-0.4, -0.2) is 25.3 Å². The Labute approximate surface area is 157 Å². The van der Waals surface area contributed by atoms with Crippen LogP contribution in [0.25, 0.3) is 0 Å². The van der Waals surface area contributed by atoms with Crippen LogP contribution >= 0.6 is 11.3 Å². The number of aromatic nitrogens is 2. The highest BCUT2D eigenvalue weighted by Crippen LogP contribution is 2.28. The number of thiazole rings is 1. The number of nitrogens with zero attached hydrogens (tertiary/aromatic N) is 3. The van der Waals surface area contributed by atoms with E-state index in [1.807, 2.05) is 27.7 Å². The van der Waals surface area contributed by atoms with E-state index in [9.17, 15) is 14.1 Å². The van der Waals surface area contributed by atoms with Crippen molar-refractivity contribution >= 4 is 33.0 Å². The predicted molar refractivity (Wildman–Crippen MR) is 103 cm³/mol. The maximum atomic E-state index is 12.7. The SMILES string of the molecule is Cc1nc(C)c(C)c(NC(=O)N=S(N)(=O)c2cnc(C(C)(C)O)s2)c1C. The van der Waals surface area contributed by atoms with Gasteiger partial charge in [-0.25, -0.2) is 19.1 Å². The molecule has 10 heteroatoms. The summed E-state index contributed by atoms with van der Waals surface area (Å²) in [6.45, 7) is 10.5. The first-order valence-electron chi connectivity index (χ1n) is 7.82. The molecule has 0 aliphatic carbocycles. The van der Waals surface area contributed by atoms with Crippen LogP contribution in [-0.2, 0) is 15.5 Å². The maximum Gasteiger partial charge on any atom is 0.354 e. The van der Waals surface area contributed by atoms with Gasteiger partial charge >= 0.3 is 6.03 Å². The average Bonchev–Trinajstić information content (AvgIpc) is 3.00. The van der Waals surface area contributed by atoms with Gasteiger partial charge in [0.15, 0.2) is 9.92 Å². The van der Waals surface area contributed by atoms with Gasteiger partial charge in [-0.3, -0.25) is 4.98 Å². The van der Waals surface area contributed by atoms with Crippen LogP contribution in [0, 0.1) is 27.7 Å². The lowest BCUT2D eigenvalue weighted by molar-refractivity contribution is 0.0783. The van der Waals surface area contributed by atoms with Gasteiger partial charge in [-0.05, 0) is 52.7 Å². The Morgan fingerprint density at radius 1 is 1.27 bits per heavy atom. The molecule has 4 N–H and O–H groups in total. The van der Waals surface area contributed by atoms with E-state index in [1.54, 1.807) is 13.8 Å². The fourth-order valence-electron chi connectivity index (χ4n) is 2.23. The molecule has 2 rings (SSSR count). The molecule has 0 bridgehead atoms. The van der Waals surface area contributed by atoms with E-state index in [1.165, 1.54) is 6.20 Å². The zero-order valence-electron chi connectivity index (χ0n) is 15.6. The molecule has 26 heavy (non-hydrogen) atoms. The molecule has 0 fully saturated rings. The number of pyridine rings is 1. The number of nitrogens with two attached hydrogens (primary N) is 1. The molecule has 2 aromatic heterocycles. The van der Waals surface area contributed by atoms with Crippen molar-refractivity contribution in [2.75, 3.05) is 5.32 Å². The van der Waals surface area contributed by atoms with Gasteiger partial charge in [0.25, 0.3) is 0 Å². The average molecular weight is 398 g/mol. The fourth-order valence-corrected chi connectivity index (χ4v) is 4.29. The van der Waals surface area contributed by atoms with Gasteiger partial charge in [0, 0.05) is 11.4 Å². The van der Waals surface area contributed by atoms with Crippen LogP contribution in [0.3, 0.4) is 0 Å². The number of rotatable bonds is 3. The van der Waals surface area contributed by atoms with Crippen molar-refractivity contribution in [3.8, 4) is 0 Å². The summed E-state index contributed by atoms with van der Waals surface area (Å²) in [6.07, 6.45) is 1.27. The molecule has 0 aromatic carbocycles. The monoisotopic (exact) mass is 397 g/mol. The second-order valence-electron chi connectivity index (χ2n) is 6.54.